The normalized spacial score (nSPS) is 13.9. The Bertz CT molecular complexity index is 416. The monoisotopic (exact) mass is 359 g/mol. The third-order valence-electron chi connectivity index (χ3n) is 3.73. The van der Waals surface area contributed by atoms with Crippen LogP contribution in [0.4, 0.5) is 0 Å². The second-order valence-corrected chi connectivity index (χ2v) is 7.30. The molecule has 2 N–H and O–H groups in total. The quantitative estimate of drug-likeness (QED) is 0.202. The molecule has 6 nitrogen and oxygen atoms in total. The summed E-state index contributed by atoms with van der Waals surface area (Å²) in [6.45, 7) is 3.51. The van der Waals surface area contributed by atoms with E-state index in [1.807, 2.05) is 5.32 Å². The molecule has 0 aliphatic carbocycles. The Balaban J connectivity index is 0. The number of hydrogen-bond donors (Lipinski definition) is 2. The van der Waals surface area contributed by atoms with Crippen molar-refractivity contribution in [3.8, 4) is 0 Å². The summed E-state index contributed by atoms with van der Waals surface area (Å²) < 4.78 is 32.8. The van der Waals surface area contributed by atoms with E-state index in [2.05, 4.69) is 6.92 Å². The summed E-state index contributed by atoms with van der Waals surface area (Å²) in [6, 6.07) is 0. The third-order valence-corrected chi connectivity index (χ3v) is 4.95. The Kier molecular flexibility index (Phi) is 15.1. The van der Waals surface area contributed by atoms with Crippen LogP contribution in [0.5, 0.6) is 0 Å². The maximum Gasteiger partial charge on any atom is 1.00 e. The van der Waals surface area contributed by atoms with E-state index in [1.165, 1.54) is 39.0 Å². The molecule has 0 fully saturated rings. The van der Waals surface area contributed by atoms with E-state index in [1.54, 1.807) is 0 Å². The Morgan fingerprint density at radius 2 is 1.43 bits per heavy atom. The number of rotatable bonds is 13. The van der Waals surface area contributed by atoms with Crippen molar-refractivity contribution in [2.75, 3.05) is 0 Å². The molecule has 0 aromatic rings. The van der Waals surface area contributed by atoms with Gasteiger partial charge in [0.1, 0.15) is 10.1 Å². The van der Waals surface area contributed by atoms with Gasteiger partial charge in [0.15, 0.2) is 0 Å². The van der Waals surface area contributed by atoms with E-state index in [4.69, 9.17) is 0 Å². The zero-order valence-corrected chi connectivity index (χ0v) is 17.6. The van der Waals surface area contributed by atoms with E-state index in [0.717, 1.165) is 19.3 Å². The minimum atomic E-state index is -4.99. The van der Waals surface area contributed by atoms with Crippen LogP contribution in [0.25, 0.3) is 0 Å². The van der Waals surface area contributed by atoms with Crippen molar-refractivity contribution in [2.24, 2.45) is 0 Å². The summed E-state index contributed by atoms with van der Waals surface area (Å²) in [6.07, 6.45) is 9.68. The molecule has 0 aromatic heterocycles. The van der Waals surface area contributed by atoms with Crippen molar-refractivity contribution >= 4 is 16.0 Å². The minimum absolute atomic E-state index is 0. The van der Waals surface area contributed by atoms with Crippen LogP contribution in [0.15, 0.2) is 0 Å². The van der Waals surface area contributed by atoms with Crippen LogP contribution in [-0.2, 0) is 14.9 Å². The summed E-state index contributed by atoms with van der Waals surface area (Å²) >= 11 is 0. The van der Waals surface area contributed by atoms with Crippen molar-refractivity contribution in [3.63, 3.8) is 0 Å². The zero-order valence-electron chi connectivity index (χ0n) is 14.8. The van der Waals surface area contributed by atoms with Crippen molar-refractivity contribution < 1.29 is 52.4 Å². The topological polar surface area (TPSA) is 107 Å². The summed E-state index contributed by atoms with van der Waals surface area (Å²) in [5, 5.41) is 8.87. The van der Waals surface area contributed by atoms with Crippen molar-refractivity contribution in [1.29, 1.82) is 0 Å². The molecule has 0 aromatic carbocycles. The van der Waals surface area contributed by atoms with Crippen molar-refractivity contribution in [1.82, 2.24) is 5.32 Å². The zero-order chi connectivity index (χ0) is 17.1. The second-order valence-electron chi connectivity index (χ2n) is 5.72. The average molecular weight is 359 g/mol. The molecule has 0 saturated heterocycles. The van der Waals surface area contributed by atoms with Gasteiger partial charge >= 0.3 is 29.6 Å². The van der Waals surface area contributed by atoms with Crippen LogP contribution in [0.2, 0.25) is 0 Å². The number of nitrogens with one attached hydrogen (secondary N) is 1. The van der Waals surface area contributed by atoms with Gasteiger partial charge in [-0.15, -0.1) is 0 Å². The largest absolute Gasteiger partial charge is 1.00 e. The Morgan fingerprint density at radius 1 is 1.00 bits per heavy atom. The number of amides is 1. The molecule has 0 aliphatic rings. The molecule has 23 heavy (non-hydrogen) atoms. The SMILES string of the molecule is CCCCCCCCCCCC(=O)NC(O)(CC)S(=O)(=O)[O-].[Na+]. The molecule has 1 amide bonds. The smallest absolute Gasteiger partial charge is 0.744 e. The molecule has 0 radical (unpaired) electrons. The first-order valence-corrected chi connectivity index (χ1v) is 9.66. The molecule has 0 heterocycles. The van der Waals surface area contributed by atoms with Crippen LogP contribution in [-0.4, -0.2) is 29.0 Å². The predicted octanol–water partition coefficient (Wildman–Crippen LogP) is -0.371. The number of carbonyl (C=O) groups is 1. The van der Waals surface area contributed by atoms with Crippen LogP contribution < -0.4 is 34.9 Å². The molecular weight excluding hydrogens is 329 g/mol. The standard InChI is InChI=1S/C15H31NO5S.Na/c1-3-5-6-7-8-9-10-11-12-13-14(17)16-15(18,4-2)22(19,20)21;/h18H,3-13H2,1-2H3,(H,16,17)(H,19,20,21);/q;+1/p-1. The molecule has 0 aliphatic heterocycles. The van der Waals surface area contributed by atoms with E-state index in [0.29, 0.717) is 6.42 Å². The van der Waals surface area contributed by atoms with Gasteiger partial charge in [-0.05, 0) is 6.42 Å². The van der Waals surface area contributed by atoms with Crippen LogP contribution in [0.1, 0.15) is 84.5 Å². The fraction of sp³-hybridized carbons (Fsp3) is 0.933. The van der Waals surface area contributed by atoms with Crippen LogP contribution >= 0.6 is 0 Å². The minimum Gasteiger partial charge on any atom is -0.744 e. The fourth-order valence-corrected chi connectivity index (χ4v) is 2.80. The summed E-state index contributed by atoms with van der Waals surface area (Å²) in [5.41, 5.74) is 0. The molecule has 0 bridgehead atoms. The van der Waals surface area contributed by atoms with Gasteiger partial charge in [0.25, 0.3) is 0 Å². The molecule has 0 spiro atoms. The Hall–Kier alpha value is 0.340. The first kappa shape index (κ1) is 25.6. The molecule has 132 valence electrons. The number of carbonyl (C=O) groups excluding carboxylic acids is 1. The molecule has 0 rings (SSSR count). The van der Waals surface area contributed by atoms with Crippen molar-refractivity contribution in [3.05, 3.63) is 0 Å². The van der Waals surface area contributed by atoms with Crippen LogP contribution in [0.3, 0.4) is 0 Å². The predicted molar refractivity (Wildman–Crippen MR) is 84.9 cm³/mol. The number of hydrogen-bond acceptors (Lipinski definition) is 5. The molecule has 1 atom stereocenters. The molecule has 8 heteroatoms. The van der Waals surface area contributed by atoms with Gasteiger partial charge in [-0.1, -0.05) is 65.2 Å². The third kappa shape index (κ3) is 11.5. The molecular formula is C15H30NNaO5S. The second kappa shape index (κ2) is 13.6. The summed E-state index contributed by atoms with van der Waals surface area (Å²) in [5.74, 6) is -0.605. The van der Waals surface area contributed by atoms with E-state index in [-0.39, 0.29) is 42.4 Å². The van der Waals surface area contributed by atoms with Gasteiger partial charge in [-0.25, -0.2) is 8.42 Å². The first-order chi connectivity index (χ1) is 10.3. The van der Waals surface area contributed by atoms with E-state index in [9.17, 15) is 22.9 Å². The van der Waals surface area contributed by atoms with Gasteiger partial charge in [-0.2, -0.15) is 0 Å². The number of aliphatic hydroxyl groups is 1. The van der Waals surface area contributed by atoms with Gasteiger partial charge < -0.3 is 15.0 Å². The van der Waals surface area contributed by atoms with Gasteiger partial charge in [0.05, 0.1) is 0 Å². The summed E-state index contributed by atoms with van der Waals surface area (Å²) in [7, 11) is -4.99. The van der Waals surface area contributed by atoms with Crippen LogP contribution in [0, 0.1) is 0 Å². The number of unbranched alkanes of at least 4 members (excludes halogenated alkanes) is 8. The van der Waals surface area contributed by atoms with Crippen molar-refractivity contribution in [2.45, 2.75) is 89.5 Å². The van der Waals surface area contributed by atoms with E-state index < -0.39 is 21.1 Å². The Labute approximate surface area is 162 Å². The first-order valence-electron chi connectivity index (χ1n) is 8.25. The van der Waals surface area contributed by atoms with E-state index >= 15 is 0 Å². The Morgan fingerprint density at radius 3 is 1.83 bits per heavy atom. The maximum atomic E-state index is 11.6. The van der Waals surface area contributed by atoms with Gasteiger partial charge in [0.2, 0.25) is 11.0 Å². The fourth-order valence-electron chi connectivity index (χ4n) is 2.20. The average Bonchev–Trinajstić information content (AvgIpc) is 2.44. The maximum absolute atomic E-state index is 11.6. The van der Waals surface area contributed by atoms with Gasteiger partial charge in [0, 0.05) is 12.8 Å². The summed E-state index contributed by atoms with van der Waals surface area (Å²) in [4.78, 5) is 11.6. The molecule has 0 saturated carbocycles. The van der Waals surface area contributed by atoms with Gasteiger partial charge in [-0.3, -0.25) is 4.79 Å². The molecule has 1 unspecified atom stereocenters.